The van der Waals surface area contributed by atoms with Gasteiger partial charge in [-0.2, -0.15) is 5.10 Å². The van der Waals surface area contributed by atoms with Crippen molar-refractivity contribution in [2.24, 2.45) is 5.73 Å². The van der Waals surface area contributed by atoms with Gasteiger partial charge in [-0.1, -0.05) is 6.92 Å². The molecule has 0 bridgehead atoms. The van der Waals surface area contributed by atoms with Crippen molar-refractivity contribution in [3.63, 3.8) is 0 Å². The molecule has 1 rings (SSSR count). The van der Waals surface area contributed by atoms with Gasteiger partial charge in [0.05, 0.1) is 11.3 Å². The third kappa shape index (κ3) is 2.61. The van der Waals surface area contributed by atoms with E-state index in [9.17, 15) is 4.79 Å². The standard InChI is InChI=1S/C11H20N4O/c1-4-7-15-9(3)10(8(2)14-15)11(16)13-6-5-12/h4-7,12H2,1-3H3,(H,13,16). The molecule has 0 unspecified atom stereocenters. The van der Waals surface area contributed by atoms with Gasteiger partial charge in [0.15, 0.2) is 0 Å². The van der Waals surface area contributed by atoms with E-state index in [2.05, 4.69) is 17.3 Å². The van der Waals surface area contributed by atoms with Crippen LogP contribution in [0.2, 0.25) is 0 Å². The van der Waals surface area contributed by atoms with Gasteiger partial charge in [0.1, 0.15) is 0 Å². The first kappa shape index (κ1) is 12.7. The molecule has 0 aliphatic heterocycles. The third-order valence-electron chi connectivity index (χ3n) is 2.47. The van der Waals surface area contributed by atoms with Gasteiger partial charge in [-0.15, -0.1) is 0 Å². The Morgan fingerprint density at radius 1 is 1.50 bits per heavy atom. The zero-order valence-corrected chi connectivity index (χ0v) is 10.2. The molecule has 1 amide bonds. The highest BCUT2D eigenvalue weighted by atomic mass is 16.1. The summed E-state index contributed by atoms with van der Waals surface area (Å²) in [5.41, 5.74) is 7.73. The molecule has 5 heteroatoms. The van der Waals surface area contributed by atoms with E-state index in [0.717, 1.165) is 24.4 Å². The third-order valence-corrected chi connectivity index (χ3v) is 2.47. The van der Waals surface area contributed by atoms with Crippen LogP contribution in [0, 0.1) is 13.8 Å². The number of hydrogen-bond acceptors (Lipinski definition) is 3. The van der Waals surface area contributed by atoms with Crippen LogP contribution in [0.3, 0.4) is 0 Å². The fraction of sp³-hybridized carbons (Fsp3) is 0.636. The van der Waals surface area contributed by atoms with Gasteiger partial charge in [0, 0.05) is 25.3 Å². The Morgan fingerprint density at radius 3 is 2.75 bits per heavy atom. The molecule has 1 aromatic heterocycles. The number of hydrogen-bond donors (Lipinski definition) is 2. The van der Waals surface area contributed by atoms with Crippen molar-refractivity contribution in [3.8, 4) is 0 Å². The predicted molar refractivity (Wildman–Crippen MR) is 63.4 cm³/mol. The van der Waals surface area contributed by atoms with Gasteiger partial charge < -0.3 is 11.1 Å². The van der Waals surface area contributed by atoms with E-state index >= 15 is 0 Å². The molecular formula is C11H20N4O. The zero-order valence-electron chi connectivity index (χ0n) is 10.2. The van der Waals surface area contributed by atoms with Gasteiger partial charge in [-0.05, 0) is 20.3 Å². The number of aromatic nitrogens is 2. The minimum atomic E-state index is -0.0807. The van der Waals surface area contributed by atoms with Gasteiger partial charge in [-0.25, -0.2) is 0 Å². The number of nitrogens with zero attached hydrogens (tertiary/aromatic N) is 2. The highest BCUT2D eigenvalue weighted by molar-refractivity contribution is 5.96. The van der Waals surface area contributed by atoms with Gasteiger partial charge in [-0.3, -0.25) is 9.48 Å². The summed E-state index contributed by atoms with van der Waals surface area (Å²) >= 11 is 0. The normalized spacial score (nSPS) is 10.5. The number of aryl methyl sites for hydroxylation is 2. The second-order valence-electron chi connectivity index (χ2n) is 3.81. The van der Waals surface area contributed by atoms with E-state index < -0.39 is 0 Å². The molecule has 0 saturated carbocycles. The molecule has 0 aromatic carbocycles. The summed E-state index contributed by atoms with van der Waals surface area (Å²) in [6.45, 7) is 7.66. The maximum Gasteiger partial charge on any atom is 0.255 e. The van der Waals surface area contributed by atoms with Crippen LogP contribution in [0.25, 0.3) is 0 Å². The monoisotopic (exact) mass is 224 g/mol. The Bertz CT molecular complexity index is 370. The van der Waals surface area contributed by atoms with Crippen LogP contribution in [0.15, 0.2) is 0 Å². The molecule has 3 N–H and O–H groups in total. The Labute approximate surface area is 96.0 Å². The summed E-state index contributed by atoms with van der Waals surface area (Å²) in [6, 6.07) is 0. The van der Waals surface area contributed by atoms with E-state index in [1.165, 1.54) is 0 Å². The van der Waals surface area contributed by atoms with Gasteiger partial charge in [0.2, 0.25) is 0 Å². The molecule has 0 atom stereocenters. The van der Waals surface area contributed by atoms with Crippen LogP contribution in [0.4, 0.5) is 0 Å². The summed E-state index contributed by atoms with van der Waals surface area (Å²) in [5, 5.41) is 7.12. The molecule has 90 valence electrons. The van der Waals surface area contributed by atoms with E-state index in [-0.39, 0.29) is 5.91 Å². The van der Waals surface area contributed by atoms with Crippen LogP contribution in [-0.2, 0) is 6.54 Å². The van der Waals surface area contributed by atoms with E-state index in [1.807, 2.05) is 18.5 Å². The van der Waals surface area contributed by atoms with Crippen molar-refractivity contribution in [1.29, 1.82) is 0 Å². The van der Waals surface area contributed by atoms with Crippen LogP contribution >= 0.6 is 0 Å². The topological polar surface area (TPSA) is 72.9 Å². The summed E-state index contributed by atoms with van der Waals surface area (Å²) in [7, 11) is 0. The second kappa shape index (κ2) is 5.65. The predicted octanol–water partition coefficient (Wildman–Crippen LogP) is 0.598. The number of carbonyl (C=O) groups excluding carboxylic acids is 1. The Morgan fingerprint density at radius 2 is 2.19 bits per heavy atom. The molecule has 1 aromatic rings. The highest BCUT2D eigenvalue weighted by Gasteiger charge is 2.17. The van der Waals surface area contributed by atoms with Crippen molar-refractivity contribution in [2.45, 2.75) is 33.7 Å². The van der Waals surface area contributed by atoms with E-state index in [0.29, 0.717) is 18.7 Å². The zero-order chi connectivity index (χ0) is 12.1. The van der Waals surface area contributed by atoms with E-state index in [4.69, 9.17) is 5.73 Å². The molecule has 0 radical (unpaired) electrons. The van der Waals surface area contributed by atoms with Crippen LogP contribution in [0.5, 0.6) is 0 Å². The lowest BCUT2D eigenvalue weighted by atomic mass is 10.2. The Hall–Kier alpha value is -1.36. The summed E-state index contributed by atoms with van der Waals surface area (Å²) in [4.78, 5) is 11.8. The van der Waals surface area contributed by atoms with Crippen molar-refractivity contribution < 1.29 is 4.79 Å². The first-order valence-corrected chi connectivity index (χ1v) is 5.64. The molecule has 5 nitrogen and oxygen atoms in total. The van der Waals surface area contributed by atoms with Crippen LogP contribution in [-0.4, -0.2) is 28.8 Å². The average Bonchev–Trinajstić information content (AvgIpc) is 2.52. The second-order valence-corrected chi connectivity index (χ2v) is 3.81. The van der Waals surface area contributed by atoms with Gasteiger partial charge >= 0.3 is 0 Å². The number of carbonyl (C=O) groups is 1. The molecule has 1 heterocycles. The van der Waals surface area contributed by atoms with Gasteiger partial charge in [0.25, 0.3) is 5.91 Å². The van der Waals surface area contributed by atoms with Crippen molar-refractivity contribution >= 4 is 5.91 Å². The lowest BCUT2D eigenvalue weighted by Crippen LogP contribution is -2.29. The fourth-order valence-electron chi connectivity index (χ4n) is 1.73. The lowest BCUT2D eigenvalue weighted by Gasteiger charge is -2.04. The maximum atomic E-state index is 11.8. The molecule has 16 heavy (non-hydrogen) atoms. The minimum absolute atomic E-state index is 0.0807. The van der Waals surface area contributed by atoms with Crippen molar-refractivity contribution in [1.82, 2.24) is 15.1 Å². The number of nitrogens with one attached hydrogen (secondary N) is 1. The number of amides is 1. The Balaban J connectivity index is 2.90. The maximum absolute atomic E-state index is 11.8. The summed E-state index contributed by atoms with van der Waals surface area (Å²) in [5.74, 6) is -0.0807. The first-order chi connectivity index (χ1) is 7.61. The first-order valence-electron chi connectivity index (χ1n) is 5.64. The minimum Gasteiger partial charge on any atom is -0.351 e. The number of nitrogens with two attached hydrogens (primary N) is 1. The van der Waals surface area contributed by atoms with Crippen LogP contribution < -0.4 is 11.1 Å². The molecule has 0 aliphatic rings. The highest BCUT2D eigenvalue weighted by Crippen LogP contribution is 2.13. The lowest BCUT2D eigenvalue weighted by molar-refractivity contribution is 0.0953. The van der Waals surface area contributed by atoms with Crippen LogP contribution in [0.1, 0.15) is 35.1 Å². The molecule has 0 aliphatic carbocycles. The Kier molecular flexibility index (Phi) is 4.49. The molecular weight excluding hydrogens is 204 g/mol. The smallest absolute Gasteiger partial charge is 0.255 e. The molecule has 0 fully saturated rings. The molecule has 0 saturated heterocycles. The van der Waals surface area contributed by atoms with Crippen molar-refractivity contribution in [2.75, 3.05) is 13.1 Å². The van der Waals surface area contributed by atoms with Crippen molar-refractivity contribution in [3.05, 3.63) is 17.0 Å². The number of rotatable bonds is 5. The summed E-state index contributed by atoms with van der Waals surface area (Å²) in [6.07, 6.45) is 1.01. The average molecular weight is 224 g/mol. The fourth-order valence-corrected chi connectivity index (χ4v) is 1.73. The van der Waals surface area contributed by atoms with E-state index in [1.54, 1.807) is 0 Å². The largest absolute Gasteiger partial charge is 0.351 e. The quantitative estimate of drug-likeness (QED) is 0.769. The summed E-state index contributed by atoms with van der Waals surface area (Å²) < 4.78 is 1.88. The molecule has 0 spiro atoms. The SMILES string of the molecule is CCCn1nc(C)c(C(=O)NCCN)c1C.